The molecule has 0 bridgehead atoms. The van der Waals surface area contributed by atoms with Gasteiger partial charge >= 0.3 is 0 Å². The molecule has 1 aromatic carbocycles. The topological polar surface area (TPSA) is 46.4 Å². The number of aryl methyl sites for hydroxylation is 1. The molecule has 0 aliphatic heterocycles. The molecule has 0 fully saturated rings. The third kappa shape index (κ3) is 3.12. The van der Waals surface area contributed by atoms with Gasteiger partial charge in [-0.2, -0.15) is 0 Å². The van der Waals surface area contributed by atoms with Gasteiger partial charge in [-0.05, 0) is 36.6 Å². The SMILES string of the molecule is Cc1nc2c(Cl)cc(Cl)cn2c1C(=O)Nc1ccc(C(C)C)cc1. The van der Waals surface area contributed by atoms with Crippen LogP contribution in [0.4, 0.5) is 5.69 Å². The van der Waals surface area contributed by atoms with E-state index in [1.807, 2.05) is 24.3 Å². The molecule has 1 amide bonds. The van der Waals surface area contributed by atoms with Gasteiger partial charge in [0, 0.05) is 11.9 Å². The number of amides is 1. The average molecular weight is 362 g/mol. The van der Waals surface area contributed by atoms with Crippen LogP contribution < -0.4 is 5.32 Å². The summed E-state index contributed by atoms with van der Waals surface area (Å²) in [7, 11) is 0. The normalized spacial score (nSPS) is 11.2. The lowest BCUT2D eigenvalue weighted by atomic mass is 10.0. The van der Waals surface area contributed by atoms with E-state index in [1.54, 1.807) is 23.6 Å². The predicted molar refractivity (Wildman–Crippen MR) is 98.4 cm³/mol. The first-order chi connectivity index (χ1) is 11.4. The fourth-order valence-electron chi connectivity index (χ4n) is 2.60. The molecule has 2 aromatic heterocycles. The molecule has 0 radical (unpaired) electrons. The van der Waals surface area contributed by atoms with Gasteiger partial charge < -0.3 is 5.32 Å². The van der Waals surface area contributed by atoms with Gasteiger partial charge in [-0.15, -0.1) is 0 Å². The van der Waals surface area contributed by atoms with E-state index in [0.29, 0.717) is 33.0 Å². The Morgan fingerprint density at radius 2 is 1.88 bits per heavy atom. The van der Waals surface area contributed by atoms with Crippen LogP contribution in [0.15, 0.2) is 36.5 Å². The molecule has 124 valence electrons. The van der Waals surface area contributed by atoms with Gasteiger partial charge in [0.25, 0.3) is 5.91 Å². The number of hydrogen-bond acceptors (Lipinski definition) is 2. The smallest absolute Gasteiger partial charge is 0.274 e. The van der Waals surface area contributed by atoms with Crippen molar-refractivity contribution in [1.29, 1.82) is 0 Å². The van der Waals surface area contributed by atoms with Crippen LogP contribution in [0.3, 0.4) is 0 Å². The Morgan fingerprint density at radius 1 is 1.21 bits per heavy atom. The van der Waals surface area contributed by atoms with Crippen LogP contribution in [0.2, 0.25) is 10.0 Å². The third-order valence-corrected chi connectivity index (χ3v) is 4.35. The minimum Gasteiger partial charge on any atom is -0.321 e. The molecule has 0 aliphatic carbocycles. The summed E-state index contributed by atoms with van der Waals surface area (Å²) in [6.45, 7) is 6.03. The summed E-state index contributed by atoms with van der Waals surface area (Å²) in [6.07, 6.45) is 1.64. The maximum absolute atomic E-state index is 12.7. The van der Waals surface area contributed by atoms with Gasteiger partial charge in [0.15, 0.2) is 5.65 Å². The molecule has 0 spiro atoms. The molecular weight excluding hydrogens is 345 g/mol. The van der Waals surface area contributed by atoms with Gasteiger partial charge in [-0.1, -0.05) is 49.2 Å². The van der Waals surface area contributed by atoms with Crippen molar-refractivity contribution in [1.82, 2.24) is 9.38 Å². The summed E-state index contributed by atoms with van der Waals surface area (Å²) in [4.78, 5) is 17.1. The van der Waals surface area contributed by atoms with Crippen LogP contribution in [-0.4, -0.2) is 15.3 Å². The number of anilines is 1. The highest BCUT2D eigenvalue weighted by molar-refractivity contribution is 6.36. The number of imidazole rings is 1. The number of carbonyl (C=O) groups is 1. The number of hydrogen-bond donors (Lipinski definition) is 1. The minimum atomic E-state index is -0.254. The van der Waals surface area contributed by atoms with Gasteiger partial charge in [0.2, 0.25) is 0 Å². The third-order valence-electron chi connectivity index (χ3n) is 3.87. The predicted octanol–water partition coefficient (Wildman–Crippen LogP) is 5.33. The standard InChI is InChI=1S/C18H17Cl2N3O/c1-10(2)12-4-6-14(7-5-12)22-18(24)16-11(3)21-17-15(20)8-13(19)9-23(16)17/h4-10H,1-3H3,(H,22,24). The highest BCUT2D eigenvalue weighted by Gasteiger charge is 2.19. The quantitative estimate of drug-likeness (QED) is 0.685. The van der Waals surface area contributed by atoms with Crippen LogP contribution in [0.5, 0.6) is 0 Å². The maximum Gasteiger partial charge on any atom is 0.274 e. The van der Waals surface area contributed by atoms with E-state index in [-0.39, 0.29) is 5.91 Å². The minimum absolute atomic E-state index is 0.254. The first-order valence-corrected chi connectivity index (χ1v) is 8.37. The Bertz CT molecular complexity index is 914. The monoisotopic (exact) mass is 361 g/mol. The van der Waals surface area contributed by atoms with Crippen molar-refractivity contribution in [3.8, 4) is 0 Å². The number of carbonyl (C=O) groups excluding carboxylic acids is 1. The van der Waals surface area contributed by atoms with Crippen molar-refractivity contribution >= 4 is 40.4 Å². The van der Waals surface area contributed by atoms with Crippen LogP contribution in [0.25, 0.3) is 5.65 Å². The van der Waals surface area contributed by atoms with Crippen LogP contribution in [-0.2, 0) is 0 Å². The largest absolute Gasteiger partial charge is 0.321 e. The van der Waals surface area contributed by atoms with Crippen LogP contribution in [0.1, 0.15) is 41.5 Å². The summed E-state index contributed by atoms with van der Waals surface area (Å²) in [5.41, 5.74) is 3.47. The highest BCUT2D eigenvalue weighted by atomic mass is 35.5. The molecule has 0 saturated heterocycles. The number of pyridine rings is 1. The molecule has 3 aromatic rings. The molecule has 0 saturated carbocycles. The Kier molecular flexibility index (Phi) is 4.52. The zero-order chi connectivity index (χ0) is 17.4. The molecule has 0 unspecified atom stereocenters. The maximum atomic E-state index is 12.7. The van der Waals surface area contributed by atoms with Crippen LogP contribution >= 0.6 is 23.2 Å². The number of nitrogens with zero attached hydrogens (tertiary/aromatic N) is 2. The number of nitrogens with one attached hydrogen (secondary N) is 1. The van der Waals surface area contributed by atoms with Crippen molar-refractivity contribution in [2.75, 3.05) is 5.32 Å². The fourth-order valence-corrected chi connectivity index (χ4v) is 3.12. The van der Waals surface area contributed by atoms with E-state index in [9.17, 15) is 4.79 Å². The van der Waals surface area contributed by atoms with Gasteiger partial charge in [0.05, 0.1) is 15.7 Å². The first kappa shape index (κ1) is 16.8. The highest BCUT2D eigenvalue weighted by Crippen LogP contribution is 2.25. The molecule has 1 N–H and O–H groups in total. The summed E-state index contributed by atoms with van der Waals surface area (Å²) >= 11 is 12.2. The molecular formula is C18H17Cl2N3O. The Morgan fingerprint density at radius 3 is 2.50 bits per heavy atom. The van der Waals surface area contributed by atoms with Crippen molar-refractivity contribution in [3.05, 3.63) is 63.5 Å². The Balaban J connectivity index is 1.95. The van der Waals surface area contributed by atoms with E-state index in [1.165, 1.54) is 5.56 Å². The molecule has 6 heteroatoms. The molecule has 2 heterocycles. The summed E-state index contributed by atoms with van der Waals surface area (Å²) < 4.78 is 1.62. The second kappa shape index (κ2) is 6.46. The number of aromatic nitrogens is 2. The number of halogens is 2. The Hall–Kier alpha value is -2.04. The Labute approximate surface area is 150 Å². The summed E-state index contributed by atoms with van der Waals surface area (Å²) in [5.74, 6) is 0.190. The lowest BCUT2D eigenvalue weighted by Crippen LogP contribution is -2.15. The number of benzene rings is 1. The molecule has 24 heavy (non-hydrogen) atoms. The number of rotatable bonds is 3. The van der Waals surface area contributed by atoms with E-state index < -0.39 is 0 Å². The van der Waals surface area contributed by atoms with Gasteiger partial charge in [-0.25, -0.2) is 4.98 Å². The molecule has 0 aliphatic rings. The van der Waals surface area contributed by atoms with Gasteiger partial charge in [0.1, 0.15) is 5.69 Å². The summed E-state index contributed by atoms with van der Waals surface area (Å²) in [6, 6.07) is 9.42. The van der Waals surface area contributed by atoms with Crippen molar-refractivity contribution in [2.45, 2.75) is 26.7 Å². The lowest BCUT2D eigenvalue weighted by molar-refractivity contribution is 0.102. The van der Waals surface area contributed by atoms with E-state index in [4.69, 9.17) is 23.2 Å². The van der Waals surface area contributed by atoms with E-state index >= 15 is 0 Å². The second-order valence-electron chi connectivity index (χ2n) is 5.98. The fraction of sp³-hybridized carbons (Fsp3) is 0.222. The summed E-state index contributed by atoms with van der Waals surface area (Å²) in [5, 5.41) is 3.75. The van der Waals surface area contributed by atoms with Crippen LogP contribution in [0, 0.1) is 6.92 Å². The zero-order valence-corrected chi connectivity index (χ0v) is 15.1. The average Bonchev–Trinajstić information content (AvgIpc) is 2.84. The van der Waals surface area contributed by atoms with Crippen molar-refractivity contribution < 1.29 is 4.79 Å². The van der Waals surface area contributed by atoms with E-state index in [2.05, 4.69) is 24.1 Å². The van der Waals surface area contributed by atoms with Crippen molar-refractivity contribution in [2.24, 2.45) is 0 Å². The van der Waals surface area contributed by atoms with E-state index in [0.717, 1.165) is 5.69 Å². The molecule has 4 nitrogen and oxygen atoms in total. The van der Waals surface area contributed by atoms with Crippen molar-refractivity contribution in [3.63, 3.8) is 0 Å². The molecule has 0 atom stereocenters. The second-order valence-corrected chi connectivity index (χ2v) is 6.82. The lowest BCUT2D eigenvalue weighted by Gasteiger charge is -2.09. The first-order valence-electron chi connectivity index (χ1n) is 7.62. The molecule has 3 rings (SSSR count). The zero-order valence-electron chi connectivity index (χ0n) is 13.6. The van der Waals surface area contributed by atoms with Gasteiger partial charge in [-0.3, -0.25) is 9.20 Å². The number of fused-ring (bicyclic) bond motifs is 1.